The standard InChI is InChI=1S/C24H25N3O4/c1-30-22-9-7-19(8-10-22)15-21(16-25)24(29)31-18-23(28)27-13-11-26(12-14-27)17-20-5-3-2-4-6-20/h2-10,15H,11-14,17-18H2,1H3/b21-15+. The molecule has 0 unspecified atom stereocenters. The van der Waals surface area contributed by atoms with Gasteiger partial charge in [0.2, 0.25) is 0 Å². The van der Waals surface area contributed by atoms with Crippen LogP contribution >= 0.6 is 0 Å². The zero-order valence-corrected chi connectivity index (χ0v) is 17.5. The Hall–Kier alpha value is -3.63. The molecule has 0 atom stereocenters. The van der Waals surface area contributed by atoms with Crippen molar-refractivity contribution in [1.82, 2.24) is 9.80 Å². The second-order valence-electron chi connectivity index (χ2n) is 7.16. The molecule has 160 valence electrons. The number of piperazine rings is 1. The van der Waals surface area contributed by atoms with Crippen molar-refractivity contribution in [2.24, 2.45) is 0 Å². The van der Waals surface area contributed by atoms with Crippen molar-refractivity contribution in [3.05, 3.63) is 71.3 Å². The number of carbonyl (C=O) groups excluding carboxylic acids is 2. The minimum atomic E-state index is -0.811. The Kier molecular flexibility index (Phi) is 7.79. The van der Waals surface area contributed by atoms with Crippen molar-refractivity contribution in [3.63, 3.8) is 0 Å². The molecule has 0 aliphatic carbocycles. The lowest BCUT2D eigenvalue weighted by atomic mass is 10.1. The summed E-state index contributed by atoms with van der Waals surface area (Å²) < 4.78 is 10.2. The molecule has 3 rings (SSSR count). The van der Waals surface area contributed by atoms with Gasteiger partial charge in [0.25, 0.3) is 5.91 Å². The van der Waals surface area contributed by atoms with Crippen LogP contribution in [-0.2, 0) is 20.9 Å². The van der Waals surface area contributed by atoms with Crippen LogP contribution in [-0.4, -0.2) is 61.6 Å². The van der Waals surface area contributed by atoms with Crippen LogP contribution in [0, 0.1) is 11.3 Å². The van der Waals surface area contributed by atoms with Crippen LogP contribution in [0.2, 0.25) is 0 Å². The maximum Gasteiger partial charge on any atom is 0.349 e. The molecule has 1 heterocycles. The van der Waals surface area contributed by atoms with Gasteiger partial charge in [0.15, 0.2) is 6.61 Å². The smallest absolute Gasteiger partial charge is 0.349 e. The number of carbonyl (C=O) groups is 2. The molecular weight excluding hydrogens is 394 g/mol. The van der Waals surface area contributed by atoms with Crippen LogP contribution in [0.5, 0.6) is 5.75 Å². The first-order valence-electron chi connectivity index (χ1n) is 10.1. The highest BCUT2D eigenvalue weighted by Crippen LogP contribution is 2.14. The number of hydrogen-bond acceptors (Lipinski definition) is 6. The monoisotopic (exact) mass is 419 g/mol. The van der Waals surface area contributed by atoms with Crippen LogP contribution < -0.4 is 4.74 Å². The first-order chi connectivity index (χ1) is 15.1. The van der Waals surface area contributed by atoms with E-state index in [0.717, 1.165) is 19.6 Å². The summed E-state index contributed by atoms with van der Waals surface area (Å²) >= 11 is 0. The summed E-state index contributed by atoms with van der Waals surface area (Å²) in [7, 11) is 1.56. The van der Waals surface area contributed by atoms with E-state index in [1.807, 2.05) is 24.3 Å². The number of methoxy groups -OCH3 is 1. The third kappa shape index (κ3) is 6.43. The van der Waals surface area contributed by atoms with Gasteiger partial charge in [-0.15, -0.1) is 0 Å². The number of nitrogens with zero attached hydrogens (tertiary/aromatic N) is 3. The van der Waals surface area contributed by atoms with E-state index in [0.29, 0.717) is 24.4 Å². The van der Waals surface area contributed by atoms with E-state index in [9.17, 15) is 14.9 Å². The topological polar surface area (TPSA) is 82.9 Å². The summed E-state index contributed by atoms with van der Waals surface area (Å²) in [4.78, 5) is 28.6. The summed E-state index contributed by atoms with van der Waals surface area (Å²) in [5, 5.41) is 9.28. The molecule has 0 radical (unpaired) electrons. The van der Waals surface area contributed by atoms with Crippen LogP contribution in [0.3, 0.4) is 0 Å². The van der Waals surface area contributed by atoms with E-state index < -0.39 is 5.97 Å². The fourth-order valence-electron chi connectivity index (χ4n) is 3.30. The molecule has 0 aromatic heterocycles. The predicted octanol–water partition coefficient (Wildman–Crippen LogP) is 2.49. The lowest BCUT2D eigenvalue weighted by Gasteiger charge is -2.34. The minimum Gasteiger partial charge on any atom is -0.497 e. The first-order valence-corrected chi connectivity index (χ1v) is 10.1. The van der Waals surface area contributed by atoms with Gasteiger partial charge in [-0.05, 0) is 29.3 Å². The number of rotatable bonds is 7. The van der Waals surface area contributed by atoms with Crippen molar-refractivity contribution in [2.45, 2.75) is 6.54 Å². The molecule has 2 aromatic rings. The van der Waals surface area contributed by atoms with Gasteiger partial charge in [0.1, 0.15) is 17.4 Å². The summed E-state index contributed by atoms with van der Waals surface area (Å²) in [5.41, 5.74) is 1.74. The maximum absolute atomic E-state index is 12.4. The van der Waals surface area contributed by atoms with E-state index in [1.165, 1.54) is 11.6 Å². The summed E-state index contributed by atoms with van der Waals surface area (Å²) in [5.74, 6) is -0.392. The Morgan fingerprint density at radius 1 is 1.03 bits per heavy atom. The largest absolute Gasteiger partial charge is 0.497 e. The zero-order valence-electron chi connectivity index (χ0n) is 17.5. The molecular formula is C24H25N3O4. The Bertz CT molecular complexity index is 957. The SMILES string of the molecule is COc1ccc(/C=C(\C#N)C(=O)OCC(=O)N2CCN(Cc3ccccc3)CC2)cc1. The van der Waals surface area contributed by atoms with Gasteiger partial charge >= 0.3 is 5.97 Å². The van der Waals surface area contributed by atoms with Crippen molar-refractivity contribution >= 4 is 18.0 Å². The maximum atomic E-state index is 12.4. The number of hydrogen-bond donors (Lipinski definition) is 0. The van der Waals surface area contributed by atoms with Crippen LogP contribution in [0.15, 0.2) is 60.2 Å². The van der Waals surface area contributed by atoms with Gasteiger partial charge in [-0.2, -0.15) is 5.26 Å². The van der Waals surface area contributed by atoms with Gasteiger partial charge in [-0.1, -0.05) is 42.5 Å². The Balaban J connectivity index is 1.46. The van der Waals surface area contributed by atoms with Gasteiger partial charge in [-0.25, -0.2) is 4.79 Å². The van der Waals surface area contributed by atoms with E-state index in [4.69, 9.17) is 9.47 Å². The van der Waals surface area contributed by atoms with Gasteiger partial charge in [-0.3, -0.25) is 9.69 Å². The molecule has 2 aromatic carbocycles. The van der Waals surface area contributed by atoms with E-state index in [-0.39, 0.29) is 18.1 Å². The lowest BCUT2D eigenvalue weighted by Crippen LogP contribution is -2.49. The van der Waals surface area contributed by atoms with Gasteiger partial charge in [0, 0.05) is 32.7 Å². The Labute approximate surface area is 182 Å². The van der Waals surface area contributed by atoms with E-state index in [1.54, 1.807) is 36.3 Å². The van der Waals surface area contributed by atoms with Crippen molar-refractivity contribution in [2.75, 3.05) is 39.9 Å². The second kappa shape index (κ2) is 11.0. The summed E-state index contributed by atoms with van der Waals surface area (Å²) in [6.07, 6.45) is 1.43. The average molecular weight is 419 g/mol. The van der Waals surface area contributed by atoms with Crippen LogP contribution in [0.1, 0.15) is 11.1 Å². The minimum absolute atomic E-state index is 0.161. The summed E-state index contributed by atoms with van der Waals surface area (Å²) in [6, 6.07) is 18.9. The highest BCUT2D eigenvalue weighted by atomic mass is 16.5. The number of esters is 1. The molecule has 1 aliphatic rings. The van der Waals surface area contributed by atoms with E-state index >= 15 is 0 Å². The van der Waals surface area contributed by atoms with Crippen molar-refractivity contribution < 1.29 is 19.1 Å². The normalized spacial score (nSPS) is 14.6. The van der Waals surface area contributed by atoms with Crippen LogP contribution in [0.4, 0.5) is 0 Å². The molecule has 1 saturated heterocycles. The molecule has 31 heavy (non-hydrogen) atoms. The summed E-state index contributed by atoms with van der Waals surface area (Å²) in [6.45, 7) is 3.15. The molecule has 1 aliphatic heterocycles. The fourth-order valence-corrected chi connectivity index (χ4v) is 3.30. The van der Waals surface area contributed by atoms with E-state index in [2.05, 4.69) is 17.0 Å². The quantitative estimate of drug-likeness (QED) is 0.390. The number of amides is 1. The van der Waals surface area contributed by atoms with Crippen molar-refractivity contribution in [1.29, 1.82) is 5.26 Å². The third-order valence-corrected chi connectivity index (χ3v) is 5.07. The highest BCUT2D eigenvalue weighted by Gasteiger charge is 2.22. The third-order valence-electron chi connectivity index (χ3n) is 5.07. The Morgan fingerprint density at radius 3 is 2.32 bits per heavy atom. The van der Waals surface area contributed by atoms with Gasteiger partial charge in [0.05, 0.1) is 7.11 Å². The Morgan fingerprint density at radius 2 is 1.71 bits per heavy atom. The molecule has 7 heteroatoms. The second-order valence-corrected chi connectivity index (χ2v) is 7.16. The van der Waals surface area contributed by atoms with Crippen molar-refractivity contribution in [3.8, 4) is 11.8 Å². The predicted molar refractivity (Wildman–Crippen MR) is 116 cm³/mol. The number of benzene rings is 2. The van der Waals surface area contributed by atoms with Gasteiger partial charge < -0.3 is 14.4 Å². The number of ether oxygens (including phenoxy) is 2. The molecule has 0 spiro atoms. The number of nitriles is 1. The fraction of sp³-hybridized carbons (Fsp3) is 0.292. The molecule has 0 saturated carbocycles. The first kappa shape index (κ1) is 22.1. The molecule has 0 bridgehead atoms. The zero-order chi connectivity index (χ0) is 22.1. The molecule has 0 N–H and O–H groups in total. The van der Waals surface area contributed by atoms with Crippen LogP contribution in [0.25, 0.3) is 6.08 Å². The molecule has 7 nitrogen and oxygen atoms in total. The molecule has 1 fully saturated rings. The highest BCUT2D eigenvalue weighted by molar-refractivity contribution is 5.98. The average Bonchev–Trinajstić information content (AvgIpc) is 2.82. The molecule has 1 amide bonds. The lowest BCUT2D eigenvalue weighted by molar-refractivity contribution is -0.149.